The molecule has 20 heteroatoms. The Bertz CT molecular complexity index is 1220. The van der Waals surface area contributed by atoms with Crippen LogP contribution in [-0.4, -0.2) is 201 Å². The van der Waals surface area contributed by atoms with E-state index in [0.29, 0.717) is 181 Å². The second kappa shape index (κ2) is 37.3. The molecule has 1 heterocycles. The minimum absolute atomic E-state index is 0.0551. The van der Waals surface area contributed by atoms with Gasteiger partial charge in [0, 0.05) is 32.2 Å². The monoisotopic (exact) mass is 890 g/mol. The van der Waals surface area contributed by atoms with E-state index in [1.807, 2.05) is 0 Å². The van der Waals surface area contributed by atoms with Crippen molar-refractivity contribution in [1.82, 2.24) is 10.4 Å². The van der Waals surface area contributed by atoms with Gasteiger partial charge in [0.1, 0.15) is 0 Å². The molecule has 1 saturated carbocycles. The van der Waals surface area contributed by atoms with E-state index in [4.69, 9.17) is 66.4 Å². The second-order valence-electron chi connectivity index (χ2n) is 14.1. The summed E-state index contributed by atoms with van der Waals surface area (Å²) >= 11 is 0. The first-order valence-corrected chi connectivity index (χ1v) is 21.9. The topological polar surface area (TPSA) is 213 Å². The van der Waals surface area contributed by atoms with Gasteiger partial charge in [-0.25, -0.2) is 9.59 Å². The van der Waals surface area contributed by atoms with Gasteiger partial charge in [-0.15, -0.1) is 16.9 Å². The molecule has 1 aliphatic heterocycles. The lowest BCUT2D eigenvalue weighted by Gasteiger charge is -2.12. The lowest BCUT2D eigenvalue weighted by molar-refractivity contribution is -0.198. The first kappa shape index (κ1) is 53.3. The van der Waals surface area contributed by atoms with Crippen molar-refractivity contribution in [2.75, 3.05) is 172 Å². The summed E-state index contributed by atoms with van der Waals surface area (Å²) in [6.45, 7) is 11.1. The molecule has 0 aromatic heterocycles. The van der Waals surface area contributed by atoms with Crippen LogP contribution in [0.1, 0.15) is 44.9 Å². The Kier molecular flexibility index (Phi) is 32.1. The molecule has 2 unspecified atom stereocenters. The van der Waals surface area contributed by atoms with Gasteiger partial charge in [-0.2, -0.15) is 0 Å². The number of carbonyl (C=O) groups is 4. The highest BCUT2D eigenvalue weighted by Gasteiger charge is 2.49. The Balaban J connectivity index is 0.882. The number of alkyl carbamates (subject to hydrolysis) is 1. The van der Waals surface area contributed by atoms with Crippen molar-refractivity contribution < 1.29 is 85.6 Å². The van der Waals surface area contributed by atoms with Crippen LogP contribution in [0.3, 0.4) is 0 Å². The number of ether oxygens (including phenoxy) is 13. The fourth-order valence-corrected chi connectivity index (χ4v) is 6.21. The van der Waals surface area contributed by atoms with E-state index >= 15 is 0 Å². The molecule has 2 aliphatic carbocycles. The Morgan fingerprint density at radius 3 is 1.16 bits per heavy atom. The second-order valence-corrected chi connectivity index (χ2v) is 14.1. The number of carbonyl (C=O) groups excluding carboxylic acids is 4. The quantitative estimate of drug-likeness (QED) is 0.0521. The molecule has 62 heavy (non-hydrogen) atoms. The zero-order chi connectivity index (χ0) is 44.0. The summed E-state index contributed by atoms with van der Waals surface area (Å²) in [6, 6.07) is 0. The highest BCUT2D eigenvalue weighted by Crippen LogP contribution is 2.52. The number of imide groups is 1. The molecule has 3 aliphatic rings. The number of rotatable bonds is 42. The van der Waals surface area contributed by atoms with Crippen molar-refractivity contribution in [2.45, 2.75) is 44.9 Å². The number of amides is 3. The van der Waals surface area contributed by atoms with Crippen molar-refractivity contribution in [3.8, 4) is 11.8 Å². The minimum atomic E-state index is -0.703. The van der Waals surface area contributed by atoms with Crippen LogP contribution in [0, 0.1) is 29.6 Å². The highest BCUT2D eigenvalue weighted by molar-refractivity contribution is 6.01. The Labute approximate surface area is 365 Å². The first-order chi connectivity index (χ1) is 30.6. The summed E-state index contributed by atoms with van der Waals surface area (Å²) in [5.74, 6) is 6.48. The molecule has 0 bridgehead atoms. The van der Waals surface area contributed by atoms with Crippen LogP contribution < -0.4 is 5.32 Å². The zero-order valence-corrected chi connectivity index (χ0v) is 36.4. The van der Waals surface area contributed by atoms with Gasteiger partial charge in [-0.05, 0) is 30.6 Å². The molecular formula is C42H70N2O18. The van der Waals surface area contributed by atoms with Crippen molar-refractivity contribution in [3.63, 3.8) is 0 Å². The number of hydroxylamine groups is 2. The van der Waals surface area contributed by atoms with Crippen LogP contribution >= 0.6 is 0 Å². The van der Waals surface area contributed by atoms with Gasteiger partial charge in [0.25, 0.3) is 11.8 Å². The van der Waals surface area contributed by atoms with E-state index < -0.39 is 17.8 Å². The molecular weight excluding hydrogens is 820 g/mol. The van der Waals surface area contributed by atoms with Crippen LogP contribution in [0.15, 0.2) is 0 Å². The van der Waals surface area contributed by atoms with Gasteiger partial charge in [0.2, 0.25) is 0 Å². The summed E-state index contributed by atoms with van der Waals surface area (Å²) in [4.78, 5) is 51.2. The smallest absolute Gasteiger partial charge is 0.407 e. The molecule has 1 saturated heterocycles. The summed E-state index contributed by atoms with van der Waals surface area (Å²) in [6.07, 6.45) is 3.79. The van der Waals surface area contributed by atoms with E-state index in [-0.39, 0.29) is 38.6 Å². The summed E-state index contributed by atoms with van der Waals surface area (Å²) in [5, 5.41) is 3.25. The molecule has 1 N–H and O–H groups in total. The maximum Gasteiger partial charge on any atom is 0.407 e. The molecule has 0 spiro atoms. The van der Waals surface area contributed by atoms with Crippen LogP contribution in [0.5, 0.6) is 0 Å². The van der Waals surface area contributed by atoms with Crippen molar-refractivity contribution in [3.05, 3.63) is 0 Å². The SMILES string of the molecule is O=C(CCOCCOCCOCCOCCOCCOCCOCCOCCOCCOCCOCCOCCNC(=O)OCC1C2CCC#CCCC21)ON1C(=O)CCC1=O. The van der Waals surface area contributed by atoms with Crippen molar-refractivity contribution in [2.24, 2.45) is 17.8 Å². The molecule has 356 valence electrons. The summed E-state index contributed by atoms with van der Waals surface area (Å²) in [5.41, 5.74) is 0. The largest absolute Gasteiger partial charge is 0.449 e. The van der Waals surface area contributed by atoms with E-state index in [2.05, 4.69) is 17.2 Å². The van der Waals surface area contributed by atoms with Crippen LogP contribution in [0.4, 0.5) is 4.79 Å². The normalized spacial score (nSPS) is 18.2. The Hall–Kier alpha value is -3.04. The maximum absolute atomic E-state index is 11.9. The van der Waals surface area contributed by atoms with E-state index in [1.165, 1.54) is 0 Å². The number of fused-ring (bicyclic) bond motifs is 1. The van der Waals surface area contributed by atoms with Crippen molar-refractivity contribution >= 4 is 23.9 Å². The predicted octanol–water partition coefficient (Wildman–Crippen LogP) is 1.35. The molecule has 2 atom stereocenters. The molecule has 3 amide bonds. The standard InChI is InChI=1S/C42H70N2O18/c45-39-7-8-40(46)44(39)62-41(47)9-11-49-13-15-51-17-19-53-21-23-55-25-27-57-29-31-59-33-34-60-32-30-58-28-26-56-24-22-54-20-18-52-16-14-50-12-10-43-42(48)61-35-38-36-5-3-1-2-4-6-37(36)38/h36-38H,3-35H2,(H,43,48). The van der Waals surface area contributed by atoms with E-state index in [9.17, 15) is 19.2 Å². The maximum atomic E-state index is 11.9. The molecule has 20 nitrogen and oxygen atoms in total. The lowest BCUT2D eigenvalue weighted by Crippen LogP contribution is -2.32. The Morgan fingerprint density at radius 2 is 0.806 bits per heavy atom. The van der Waals surface area contributed by atoms with Gasteiger partial charge in [0.15, 0.2) is 0 Å². The van der Waals surface area contributed by atoms with Gasteiger partial charge < -0.3 is 71.7 Å². The van der Waals surface area contributed by atoms with Gasteiger partial charge in [-0.3, -0.25) is 9.59 Å². The number of hydrogen-bond acceptors (Lipinski definition) is 18. The molecule has 0 aromatic carbocycles. The zero-order valence-electron chi connectivity index (χ0n) is 36.4. The van der Waals surface area contributed by atoms with Crippen LogP contribution in [0.25, 0.3) is 0 Å². The van der Waals surface area contributed by atoms with Gasteiger partial charge in [0.05, 0.1) is 172 Å². The third kappa shape index (κ3) is 27.9. The Morgan fingerprint density at radius 1 is 0.484 bits per heavy atom. The molecule has 0 aromatic rings. The minimum Gasteiger partial charge on any atom is -0.449 e. The average Bonchev–Trinajstić information content (AvgIpc) is 3.81. The lowest BCUT2D eigenvalue weighted by atomic mass is 10.1. The number of nitrogens with zero attached hydrogens (tertiary/aromatic N) is 1. The van der Waals surface area contributed by atoms with Gasteiger partial charge >= 0.3 is 12.1 Å². The number of nitrogens with one attached hydrogen (secondary N) is 1. The molecule has 2 fully saturated rings. The van der Waals surface area contributed by atoms with Gasteiger partial charge in [-0.1, -0.05) is 0 Å². The third-order valence-corrected chi connectivity index (χ3v) is 9.50. The fourth-order valence-electron chi connectivity index (χ4n) is 6.21. The van der Waals surface area contributed by atoms with Crippen LogP contribution in [-0.2, 0) is 80.8 Å². The van der Waals surface area contributed by atoms with E-state index in [0.717, 1.165) is 25.7 Å². The first-order valence-electron chi connectivity index (χ1n) is 21.9. The predicted molar refractivity (Wildman–Crippen MR) is 218 cm³/mol. The number of hydrogen-bond donors (Lipinski definition) is 1. The van der Waals surface area contributed by atoms with E-state index in [1.54, 1.807) is 0 Å². The summed E-state index contributed by atoms with van der Waals surface area (Å²) < 4.78 is 70.9. The highest BCUT2D eigenvalue weighted by atomic mass is 16.7. The average molecular weight is 891 g/mol. The molecule has 3 rings (SSSR count). The summed E-state index contributed by atoms with van der Waals surface area (Å²) in [7, 11) is 0. The third-order valence-electron chi connectivity index (χ3n) is 9.50. The molecule has 0 radical (unpaired) electrons. The van der Waals surface area contributed by atoms with Crippen molar-refractivity contribution in [1.29, 1.82) is 0 Å². The fraction of sp³-hybridized carbons (Fsp3) is 0.857. The van der Waals surface area contributed by atoms with Crippen LogP contribution in [0.2, 0.25) is 0 Å².